The second-order valence-corrected chi connectivity index (χ2v) is 6.10. The van der Waals surface area contributed by atoms with Crippen molar-refractivity contribution in [3.05, 3.63) is 75.8 Å². The number of carbonyl (C=O) groups excluding carboxylic acids is 1. The van der Waals surface area contributed by atoms with E-state index in [1.54, 1.807) is 37.3 Å². The topological polar surface area (TPSA) is 54.9 Å². The molecule has 3 aromatic rings. The Bertz CT molecular complexity index is 946. The number of hydrogen-bond donors (Lipinski definition) is 1. The molecular formula is C18H12Cl2FN3O. The molecule has 0 spiro atoms. The summed E-state index contributed by atoms with van der Waals surface area (Å²) in [5.41, 5.74) is 2.02. The number of aryl methyl sites for hydroxylation is 1. The fourth-order valence-electron chi connectivity index (χ4n) is 2.20. The number of nitrogens with zero attached hydrogens (tertiary/aromatic N) is 2. The molecule has 0 unspecified atom stereocenters. The van der Waals surface area contributed by atoms with Crippen LogP contribution in [0.15, 0.2) is 48.7 Å². The number of anilines is 1. The Morgan fingerprint density at radius 3 is 2.44 bits per heavy atom. The van der Waals surface area contributed by atoms with Crippen molar-refractivity contribution in [1.29, 1.82) is 0 Å². The van der Waals surface area contributed by atoms with Gasteiger partial charge in [-0.2, -0.15) is 0 Å². The largest absolute Gasteiger partial charge is 0.322 e. The van der Waals surface area contributed by atoms with Crippen LogP contribution in [0.1, 0.15) is 16.1 Å². The SMILES string of the molecule is Cc1nc(-c2ccc(F)cc2)ncc1C(=O)Nc1ccc(Cl)c(Cl)c1. The third-order valence-corrected chi connectivity index (χ3v) is 4.24. The fraction of sp³-hybridized carbons (Fsp3) is 0.0556. The van der Waals surface area contributed by atoms with Crippen molar-refractivity contribution < 1.29 is 9.18 Å². The molecule has 4 nitrogen and oxygen atoms in total. The molecule has 126 valence electrons. The molecule has 1 amide bonds. The second-order valence-electron chi connectivity index (χ2n) is 5.28. The van der Waals surface area contributed by atoms with Gasteiger partial charge < -0.3 is 5.32 Å². The predicted molar refractivity (Wildman–Crippen MR) is 96.6 cm³/mol. The zero-order chi connectivity index (χ0) is 18.0. The van der Waals surface area contributed by atoms with E-state index in [1.165, 1.54) is 18.3 Å². The number of aromatic nitrogens is 2. The molecule has 0 saturated heterocycles. The van der Waals surface area contributed by atoms with Crippen molar-refractivity contribution >= 4 is 34.8 Å². The smallest absolute Gasteiger partial charge is 0.259 e. The van der Waals surface area contributed by atoms with Gasteiger partial charge in [0, 0.05) is 17.4 Å². The van der Waals surface area contributed by atoms with Crippen LogP contribution in [0.2, 0.25) is 10.0 Å². The molecular weight excluding hydrogens is 364 g/mol. The van der Waals surface area contributed by atoms with Gasteiger partial charge in [0.25, 0.3) is 5.91 Å². The summed E-state index contributed by atoms with van der Waals surface area (Å²) in [6, 6.07) is 10.6. The molecule has 1 heterocycles. The maximum absolute atomic E-state index is 13.0. The summed E-state index contributed by atoms with van der Waals surface area (Å²) in [5.74, 6) is -0.275. The van der Waals surface area contributed by atoms with Gasteiger partial charge in [-0.1, -0.05) is 23.2 Å². The van der Waals surface area contributed by atoms with Crippen LogP contribution in [0.4, 0.5) is 10.1 Å². The molecule has 1 aromatic heterocycles. The number of amides is 1. The summed E-state index contributed by atoms with van der Waals surface area (Å²) < 4.78 is 13.0. The lowest BCUT2D eigenvalue weighted by molar-refractivity contribution is 0.102. The van der Waals surface area contributed by atoms with Gasteiger partial charge in [0.05, 0.1) is 21.3 Å². The maximum atomic E-state index is 13.0. The third kappa shape index (κ3) is 3.95. The van der Waals surface area contributed by atoms with Crippen LogP contribution < -0.4 is 5.32 Å². The monoisotopic (exact) mass is 375 g/mol. The molecule has 25 heavy (non-hydrogen) atoms. The molecule has 2 aromatic carbocycles. The molecule has 7 heteroatoms. The highest BCUT2D eigenvalue weighted by atomic mass is 35.5. The van der Waals surface area contributed by atoms with Gasteiger partial charge >= 0.3 is 0 Å². The molecule has 0 atom stereocenters. The average Bonchev–Trinajstić information content (AvgIpc) is 2.58. The summed E-state index contributed by atoms with van der Waals surface area (Å²) in [4.78, 5) is 20.9. The Morgan fingerprint density at radius 1 is 1.08 bits per heavy atom. The maximum Gasteiger partial charge on any atom is 0.259 e. The van der Waals surface area contributed by atoms with Crippen LogP contribution >= 0.6 is 23.2 Å². The lowest BCUT2D eigenvalue weighted by Crippen LogP contribution is -2.15. The number of hydrogen-bond acceptors (Lipinski definition) is 3. The lowest BCUT2D eigenvalue weighted by Gasteiger charge is -2.09. The number of nitrogens with one attached hydrogen (secondary N) is 1. The lowest BCUT2D eigenvalue weighted by atomic mass is 10.1. The summed E-state index contributed by atoms with van der Waals surface area (Å²) in [5, 5.41) is 3.47. The number of halogens is 3. The van der Waals surface area contributed by atoms with Crippen molar-refractivity contribution in [1.82, 2.24) is 9.97 Å². The number of benzene rings is 2. The Kier molecular flexibility index (Phi) is 4.97. The van der Waals surface area contributed by atoms with Crippen molar-refractivity contribution in [2.75, 3.05) is 5.32 Å². The van der Waals surface area contributed by atoms with Crippen LogP contribution in [0.5, 0.6) is 0 Å². The molecule has 0 aliphatic heterocycles. The quantitative estimate of drug-likeness (QED) is 0.688. The first-order valence-electron chi connectivity index (χ1n) is 7.30. The van der Waals surface area contributed by atoms with E-state index in [4.69, 9.17) is 23.2 Å². The molecule has 1 N–H and O–H groups in total. The van der Waals surface area contributed by atoms with Crippen LogP contribution in [-0.4, -0.2) is 15.9 Å². The average molecular weight is 376 g/mol. The van der Waals surface area contributed by atoms with Crippen LogP contribution in [0.3, 0.4) is 0 Å². The molecule has 0 bridgehead atoms. The van der Waals surface area contributed by atoms with Gasteiger partial charge in [0.1, 0.15) is 5.82 Å². The Balaban J connectivity index is 1.83. The summed E-state index contributed by atoms with van der Waals surface area (Å²) in [6.07, 6.45) is 1.44. The van der Waals surface area contributed by atoms with Gasteiger partial charge in [-0.3, -0.25) is 4.79 Å². The van der Waals surface area contributed by atoms with Gasteiger partial charge in [-0.15, -0.1) is 0 Å². The van der Waals surface area contributed by atoms with Crippen molar-refractivity contribution in [3.8, 4) is 11.4 Å². The molecule has 3 rings (SSSR count). The van der Waals surface area contributed by atoms with E-state index in [2.05, 4.69) is 15.3 Å². The highest BCUT2D eigenvalue weighted by Gasteiger charge is 2.13. The molecule has 0 saturated carbocycles. The van der Waals surface area contributed by atoms with E-state index in [0.29, 0.717) is 38.4 Å². The predicted octanol–water partition coefficient (Wildman–Crippen LogP) is 5.15. The van der Waals surface area contributed by atoms with Gasteiger partial charge in [0.2, 0.25) is 0 Å². The normalized spacial score (nSPS) is 10.6. The second kappa shape index (κ2) is 7.17. The standard InChI is InChI=1S/C18H12Cl2FN3O/c1-10-14(18(25)24-13-6-7-15(19)16(20)8-13)9-22-17(23-10)11-2-4-12(21)5-3-11/h2-9H,1H3,(H,24,25). The zero-order valence-corrected chi connectivity index (χ0v) is 14.6. The van der Waals surface area contributed by atoms with Gasteiger partial charge in [-0.05, 0) is 49.4 Å². The minimum absolute atomic E-state index is 0.330. The molecule has 0 fully saturated rings. The Morgan fingerprint density at radius 2 is 1.80 bits per heavy atom. The van der Waals surface area contributed by atoms with Crippen molar-refractivity contribution in [3.63, 3.8) is 0 Å². The van der Waals surface area contributed by atoms with E-state index in [9.17, 15) is 9.18 Å². The number of rotatable bonds is 3. The Labute approximate surface area is 153 Å². The highest BCUT2D eigenvalue weighted by Crippen LogP contribution is 2.25. The Hall–Kier alpha value is -2.50. The van der Waals surface area contributed by atoms with Crippen LogP contribution in [0, 0.1) is 12.7 Å². The minimum Gasteiger partial charge on any atom is -0.322 e. The minimum atomic E-state index is -0.360. The first-order chi connectivity index (χ1) is 11.9. The van der Waals surface area contributed by atoms with Gasteiger partial charge in [-0.25, -0.2) is 14.4 Å². The van der Waals surface area contributed by atoms with Crippen LogP contribution in [0.25, 0.3) is 11.4 Å². The molecule has 0 aliphatic carbocycles. The summed E-state index contributed by atoms with van der Waals surface area (Å²) >= 11 is 11.8. The van der Waals surface area contributed by atoms with Gasteiger partial charge in [0.15, 0.2) is 5.82 Å². The van der Waals surface area contributed by atoms with E-state index in [1.807, 2.05) is 0 Å². The zero-order valence-electron chi connectivity index (χ0n) is 13.1. The summed E-state index contributed by atoms with van der Waals surface area (Å²) in [7, 11) is 0. The van der Waals surface area contributed by atoms with Crippen molar-refractivity contribution in [2.45, 2.75) is 6.92 Å². The summed E-state index contributed by atoms with van der Waals surface area (Å²) in [6.45, 7) is 1.71. The highest BCUT2D eigenvalue weighted by molar-refractivity contribution is 6.42. The van der Waals surface area contributed by atoms with E-state index < -0.39 is 0 Å². The molecule has 0 aliphatic rings. The van der Waals surface area contributed by atoms with Crippen LogP contribution in [-0.2, 0) is 0 Å². The first kappa shape index (κ1) is 17.3. The van der Waals surface area contributed by atoms with Crippen molar-refractivity contribution in [2.24, 2.45) is 0 Å². The van der Waals surface area contributed by atoms with E-state index >= 15 is 0 Å². The number of carbonyl (C=O) groups is 1. The van der Waals surface area contributed by atoms with E-state index in [0.717, 1.165) is 0 Å². The molecule has 0 radical (unpaired) electrons. The van der Waals surface area contributed by atoms with E-state index in [-0.39, 0.29) is 11.7 Å². The fourth-order valence-corrected chi connectivity index (χ4v) is 2.50. The first-order valence-corrected chi connectivity index (χ1v) is 8.05. The third-order valence-electron chi connectivity index (χ3n) is 3.50.